The number of carbonyl (C=O) groups excluding carboxylic acids is 3. The van der Waals surface area contributed by atoms with Gasteiger partial charge in [0.25, 0.3) is 5.69 Å². The smallest absolute Gasteiger partial charge is 0.269 e. The van der Waals surface area contributed by atoms with Crippen molar-refractivity contribution in [2.24, 2.45) is 5.92 Å². The van der Waals surface area contributed by atoms with E-state index in [1.165, 1.54) is 47.6 Å². The highest BCUT2D eigenvalue weighted by molar-refractivity contribution is 7.10. The Morgan fingerprint density at radius 3 is 2.29 bits per heavy atom. The third-order valence-corrected chi connectivity index (χ3v) is 8.87. The second-order valence-corrected chi connectivity index (χ2v) is 11.2. The van der Waals surface area contributed by atoms with Gasteiger partial charge in [0.15, 0.2) is 5.78 Å². The van der Waals surface area contributed by atoms with Crippen molar-refractivity contribution < 1.29 is 28.8 Å². The first kappa shape index (κ1) is 29.4. The quantitative estimate of drug-likeness (QED) is 0.228. The molecule has 2 aliphatic rings. The second kappa shape index (κ2) is 12.8. The summed E-state index contributed by atoms with van der Waals surface area (Å²) in [6, 6.07) is 14.5. The van der Waals surface area contributed by atoms with Gasteiger partial charge in [-0.3, -0.25) is 24.5 Å². The molecule has 0 radical (unpaired) electrons. The maximum atomic E-state index is 14.5. The van der Waals surface area contributed by atoms with Crippen LogP contribution in [-0.4, -0.2) is 85.4 Å². The van der Waals surface area contributed by atoms with Crippen molar-refractivity contribution in [3.05, 3.63) is 92.2 Å². The van der Waals surface area contributed by atoms with Crippen molar-refractivity contribution in [2.75, 3.05) is 47.0 Å². The Bertz CT molecular complexity index is 1420. The lowest BCUT2D eigenvalue weighted by atomic mass is 9.78. The van der Waals surface area contributed by atoms with Gasteiger partial charge in [-0.15, -0.1) is 11.3 Å². The van der Waals surface area contributed by atoms with E-state index >= 15 is 0 Å². The van der Waals surface area contributed by atoms with Crippen molar-refractivity contribution in [2.45, 2.75) is 18.0 Å². The van der Waals surface area contributed by atoms with Gasteiger partial charge in [-0.25, -0.2) is 0 Å². The molecule has 0 aliphatic carbocycles. The Morgan fingerprint density at radius 1 is 1.02 bits per heavy atom. The number of nitro benzene ring substituents is 1. The highest BCUT2D eigenvalue weighted by Crippen LogP contribution is 2.52. The van der Waals surface area contributed by atoms with Crippen LogP contribution in [0.1, 0.15) is 32.8 Å². The number of likely N-dealkylation sites (tertiary alicyclic amines) is 1. The molecule has 3 aromatic rings. The number of nitrogens with zero attached hydrogens (tertiary/aromatic N) is 3. The summed E-state index contributed by atoms with van der Waals surface area (Å²) < 4.78 is 10.6. The minimum Gasteiger partial charge on any atom is -0.497 e. The molecule has 4 atom stereocenters. The lowest BCUT2D eigenvalue weighted by Gasteiger charge is -2.36. The van der Waals surface area contributed by atoms with Crippen molar-refractivity contribution in [1.29, 1.82) is 0 Å². The van der Waals surface area contributed by atoms with E-state index in [0.29, 0.717) is 37.5 Å². The van der Waals surface area contributed by atoms with Crippen LogP contribution in [0.2, 0.25) is 0 Å². The zero-order valence-corrected chi connectivity index (χ0v) is 24.1. The van der Waals surface area contributed by atoms with Crippen LogP contribution >= 0.6 is 11.3 Å². The number of piperazine rings is 1. The highest BCUT2D eigenvalue weighted by Gasteiger charge is 2.58. The van der Waals surface area contributed by atoms with E-state index < -0.39 is 34.7 Å². The van der Waals surface area contributed by atoms with E-state index in [9.17, 15) is 24.5 Å². The normalized spacial score (nSPS) is 22.1. The summed E-state index contributed by atoms with van der Waals surface area (Å²) in [6.45, 7) is 1.94. The molecule has 2 aliphatic heterocycles. The fraction of sp³-hybridized carbons (Fsp3) is 0.367. The summed E-state index contributed by atoms with van der Waals surface area (Å²) in [5, 5.41) is 16.4. The fourth-order valence-corrected chi connectivity index (χ4v) is 6.90. The zero-order valence-electron chi connectivity index (χ0n) is 23.3. The third-order valence-electron chi connectivity index (χ3n) is 7.90. The maximum Gasteiger partial charge on any atom is 0.269 e. The first-order valence-electron chi connectivity index (χ1n) is 13.6. The van der Waals surface area contributed by atoms with Gasteiger partial charge in [0.2, 0.25) is 11.8 Å². The van der Waals surface area contributed by atoms with Crippen LogP contribution in [0, 0.1) is 16.0 Å². The molecule has 1 aromatic heterocycles. The van der Waals surface area contributed by atoms with Crippen LogP contribution in [-0.2, 0) is 14.3 Å². The molecule has 0 bridgehead atoms. The molecule has 1 N–H and O–H groups in total. The van der Waals surface area contributed by atoms with Gasteiger partial charge in [-0.1, -0.05) is 18.2 Å². The number of nitro groups is 1. The molecular weight excluding hydrogens is 560 g/mol. The van der Waals surface area contributed by atoms with Crippen molar-refractivity contribution >= 4 is 34.6 Å². The largest absolute Gasteiger partial charge is 0.497 e. The Balaban J connectivity index is 1.71. The number of benzene rings is 2. The number of methoxy groups -OCH3 is 2. The summed E-state index contributed by atoms with van der Waals surface area (Å²) in [7, 11) is 2.97. The molecule has 220 valence electrons. The summed E-state index contributed by atoms with van der Waals surface area (Å²) in [5.41, 5.74) is 0.793. The number of Topliss-reactive ketones (excluding diaryl/α,β-unsaturated/α-hetero) is 1. The number of ether oxygens (including phenoxy) is 2. The number of thiophene rings is 1. The average Bonchev–Trinajstić information content (AvgIpc) is 3.67. The molecule has 5 rings (SSSR count). The standard InChI is InChI=1S/C30H32N4O7S/c1-40-18-24(35)33-27(19-7-11-22(41-2)12-8-19)26(29(36)20-5-9-21(10-6-20)34(38)39)25(23-4-3-17-42-23)28(33)30(37)32-15-13-31-14-16-32/h3-12,17,25-28,31H,13-16,18H2,1-2H3. The molecule has 42 heavy (non-hydrogen) atoms. The van der Waals surface area contributed by atoms with Gasteiger partial charge in [-0.05, 0) is 41.3 Å². The number of hydrogen-bond donors (Lipinski definition) is 1. The van der Waals surface area contributed by atoms with E-state index in [0.717, 1.165) is 4.88 Å². The molecule has 0 spiro atoms. The lowest BCUT2D eigenvalue weighted by Crippen LogP contribution is -2.55. The van der Waals surface area contributed by atoms with E-state index in [1.807, 2.05) is 17.5 Å². The second-order valence-electron chi connectivity index (χ2n) is 10.2. The SMILES string of the molecule is COCC(=O)N1C(C(=O)N2CCNCC2)C(c2cccs2)C(C(=O)c2ccc([N+](=O)[O-])cc2)C1c1ccc(OC)cc1. The Labute approximate surface area is 247 Å². The molecule has 2 aromatic carbocycles. The van der Waals surface area contributed by atoms with E-state index in [-0.39, 0.29) is 29.5 Å². The van der Waals surface area contributed by atoms with Crippen LogP contribution in [0.15, 0.2) is 66.0 Å². The predicted molar refractivity (Wildman–Crippen MR) is 156 cm³/mol. The maximum absolute atomic E-state index is 14.5. The summed E-state index contributed by atoms with van der Waals surface area (Å²) in [6.07, 6.45) is 0. The summed E-state index contributed by atoms with van der Waals surface area (Å²) >= 11 is 1.43. The lowest BCUT2D eigenvalue weighted by molar-refractivity contribution is -0.384. The molecule has 0 saturated carbocycles. The van der Waals surface area contributed by atoms with Crippen LogP contribution in [0.3, 0.4) is 0 Å². The summed E-state index contributed by atoms with van der Waals surface area (Å²) in [4.78, 5) is 57.7. The minimum atomic E-state index is -0.969. The molecule has 2 fully saturated rings. The van der Waals surface area contributed by atoms with Gasteiger partial charge in [0.05, 0.1) is 24.0 Å². The van der Waals surface area contributed by atoms with E-state index in [1.54, 1.807) is 36.3 Å². The average molecular weight is 593 g/mol. The van der Waals surface area contributed by atoms with E-state index in [4.69, 9.17) is 9.47 Å². The first-order chi connectivity index (χ1) is 20.3. The zero-order chi connectivity index (χ0) is 29.8. The first-order valence-corrected chi connectivity index (χ1v) is 14.5. The topological polar surface area (TPSA) is 131 Å². The third kappa shape index (κ3) is 5.65. The number of nitrogens with one attached hydrogen (secondary N) is 1. The van der Waals surface area contributed by atoms with Crippen LogP contribution < -0.4 is 10.1 Å². The number of ketones is 1. The van der Waals surface area contributed by atoms with Gasteiger partial charge in [0.1, 0.15) is 18.4 Å². The van der Waals surface area contributed by atoms with Crippen LogP contribution in [0.4, 0.5) is 5.69 Å². The van der Waals surface area contributed by atoms with Crippen molar-refractivity contribution in [3.8, 4) is 5.75 Å². The number of rotatable bonds is 9. The molecule has 12 heteroatoms. The Kier molecular flexibility index (Phi) is 8.95. The fourth-order valence-electron chi connectivity index (χ4n) is 5.99. The molecule has 2 saturated heterocycles. The number of carbonyl (C=O) groups is 3. The van der Waals surface area contributed by atoms with Gasteiger partial charge in [-0.2, -0.15) is 0 Å². The van der Waals surface area contributed by atoms with E-state index in [2.05, 4.69) is 5.32 Å². The van der Waals surface area contributed by atoms with Gasteiger partial charge >= 0.3 is 0 Å². The number of hydrogen-bond acceptors (Lipinski definition) is 9. The molecule has 11 nitrogen and oxygen atoms in total. The number of non-ortho nitro benzene ring substituents is 1. The summed E-state index contributed by atoms with van der Waals surface area (Å²) in [5.74, 6) is -1.87. The van der Waals surface area contributed by atoms with Crippen molar-refractivity contribution in [3.63, 3.8) is 0 Å². The Morgan fingerprint density at radius 2 is 1.71 bits per heavy atom. The Hall–Kier alpha value is -4.13. The van der Waals surface area contributed by atoms with Crippen LogP contribution in [0.5, 0.6) is 5.75 Å². The highest BCUT2D eigenvalue weighted by atomic mass is 32.1. The monoisotopic (exact) mass is 592 g/mol. The molecule has 3 heterocycles. The predicted octanol–water partition coefficient (Wildman–Crippen LogP) is 3.28. The van der Waals surface area contributed by atoms with Crippen molar-refractivity contribution in [1.82, 2.24) is 15.1 Å². The minimum absolute atomic E-state index is 0.136. The molecule has 4 unspecified atom stereocenters. The molecule has 2 amide bonds. The van der Waals surface area contributed by atoms with Gasteiger partial charge in [0, 0.05) is 61.8 Å². The molecular formula is C30H32N4O7S. The van der Waals surface area contributed by atoms with Crippen LogP contribution in [0.25, 0.3) is 0 Å². The number of amides is 2. The van der Waals surface area contributed by atoms with Gasteiger partial charge < -0.3 is 24.6 Å².